The molecule has 0 aliphatic rings. The zero-order chi connectivity index (χ0) is 13.9. The van der Waals surface area contributed by atoms with Crippen molar-refractivity contribution >= 4 is 31.5 Å². The molecular weight excluding hydrogens is 326 g/mol. The van der Waals surface area contributed by atoms with E-state index < -0.39 is 25.0 Å². The number of benzene rings is 1. The molecule has 0 unspecified atom stereocenters. The van der Waals surface area contributed by atoms with Gasteiger partial charge in [-0.15, -0.1) is 0 Å². The summed E-state index contributed by atoms with van der Waals surface area (Å²) in [7, 11) is -3.48. The standard InChI is InChI=1S/C10H12BrNO5S/c1-2-18(16,17)10(11)9(13)7-4-3-5-8(6-7)12(14)15/h3-6,9-10,13H,2H2,1H3/t9-,10+/m0/s1. The van der Waals surface area contributed by atoms with Crippen LogP contribution in [0.4, 0.5) is 5.69 Å². The number of halogens is 1. The van der Waals surface area contributed by atoms with Crippen molar-refractivity contribution in [3.05, 3.63) is 39.9 Å². The van der Waals surface area contributed by atoms with Crippen LogP contribution in [0.5, 0.6) is 0 Å². The van der Waals surface area contributed by atoms with Crippen LogP contribution in [0.1, 0.15) is 18.6 Å². The van der Waals surface area contributed by atoms with Gasteiger partial charge in [-0.2, -0.15) is 0 Å². The van der Waals surface area contributed by atoms with Gasteiger partial charge >= 0.3 is 0 Å². The lowest BCUT2D eigenvalue weighted by Gasteiger charge is -2.17. The number of aliphatic hydroxyl groups is 1. The van der Waals surface area contributed by atoms with Crippen LogP contribution in [0.15, 0.2) is 24.3 Å². The summed E-state index contributed by atoms with van der Waals surface area (Å²) in [5.74, 6) is -0.130. The summed E-state index contributed by atoms with van der Waals surface area (Å²) in [4.78, 5) is 9.99. The molecule has 0 spiro atoms. The minimum atomic E-state index is -3.48. The van der Waals surface area contributed by atoms with E-state index in [1.54, 1.807) is 0 Å². The van der Waals surface area contributed by atoms with Gasteiger partial charge in [0.1, 0.15) is 10.3 Å². The monoisotopic (exact) mass is 337 g/mol. The van der Waals surface area contributed by atoms with Crippen molar-refractivity contribution in [1.82, 2.24) is 0 Å². The lowest BCUT2D eigenvalue weighted by Crippen LogP contribution is -2.24. The van der Waals surface area contributed by atoms with Crippen LogP contribution in [-0.4, -0.2) is 28.4 Å². The fourth-order valence-electron chi connectivity index (χ4n) is 1.33. The topological polar surface area (TPSA) is 97.5 Å². The molecule has 1 rings (SSSR count). The Hall–Kier alpha value is -0.990. The zero-order valence-electron chi connectivity index (χ0n) is 9.48. The smallest absolute Gasteiger partial charge is 0.269 e. The lowest BCUT2D eigenvalue weighted by molar-refractivity contribution is -0.385. The highest BCUT2D eigenvalue weighted by Crippen LogP contribution is 2.29. The first-order valence-electron chi connectivity index (χ1n) is 5.07. The summed E-state index contributed by atoms with van der Waals surface area (Å²) >= 11 is 2.92. The summed E-state index contributed by atoms with van der Waals surface area (Å²) < 4.78 is 22.0. The molecule has 0 bridgehead atoms. The number of sulfone groups is 1. The third-order valence-electron chi connectivity index (χ3n) is 2.42. The fraction of sp³-hybridized carbons (Fsp3) is 0.400. The minimum absolute atomic E-state index is 0.130. The van der Waals surface area contributed by atoms with Gasteiger partial charge in [0.05, 0.1) is 4.92 Å². The Morgan fingerprint density at radius 3 is 2.61 bits per heavy atom. The van der Waals surface area contributed by atoms with Crippen LogP contribution in [0.25, 0.3) is 0 Å². The van der Waals surface area contributed by atoms with Crippen LogP contribution >= 0.6 is 15.9 Å². The molecule has 0 heterocycles. The number of nitro benzene ring substituents is 1. The number of hydrogen-bond donors (Lipinski definition) is 1. The Morgan fingerprint density at radius 1 is 1.50 bits per heavy atom. The maximum atomic E-state index is 11.6. The Morgan fingerprint density at radius 2 is 2.11 bits per heavy atom. The Balaban J connectivity index is 3.08. The second-order valence-electron chi connectivity index (χ2n) is 3.60. The van der Waals surface area contributed by atoms with Crippen LogP contribution in [0.3, 0.4) is 0 Å². The molecule has 8 heteroatoms. The Kier molecular flexibility index (Phi) is 4.83. The van der Waals surface area contributed by atoms with Crippen molar-refractivity contribution in [2.45, 2.75) is 17.2 Å². The lowest BCUT2D eigenvalue weighted by atomic mass is 10.1. The van der Waals surface area contributed by atoms with Gasteiger partial charge in [-0.05, 0) is 5.56 Å². The normalized spacial score (nSPS) is 15.1. The fourth-order valence-corrected chi connectivity index (χ4v) is 3.30. The van der Waals surface area contributed by atoms with E-state index in [1.807, 2.05) is 0 Å². The van der Waals surface area contributed by atoms with Crippen molar-refractivity contribution in [1.29, 1.82) is 0 Å². The van der Waals surface area contributed by atoms with Gasteiger partial charge in [0, 0.05) is 17.9 Å². The molecule has 1 N–H and O–H groups in total. The Bertz CT molecular complexity index is 545. The first kappa shape index (κ1) is 15.1. The molecule has 1 aromatic carbocycles. The van der Waals surface area contributed by atoms with Crippen molar-refractivity contribution in [2.75, 3.05) is 5.75 Å². The second kappa shape index (κ2) is 5.77. The molecule has 0 aliphatic heterocycles. The number of alkyl halides is 1. The van der Waals surface area contributed by atoms with Crippen LogP contribution in [0.2, 0.25) is 0 Å². The van der Waals surface area contributed by atoms with Crippen molar-refractivity contribution < 1.29 is 18.4 Å². The van der Waals surface area contributed by atoms with Gasteiger partial charge in [-0.1, -0.05) is 35.0 Å². The highest BCUT2D eigenvalue weighted by molar-refractivity contribution is 9.11. The molecule has 18 heavy (non-hydrogen) atoms. The third kappa shape index (κ3) is 3.27. The number of nitrogens with zero attached hydrogens (tertiary/aromatic N) is 1. The average Bonchev–Trinajstić information content (AvgIpc) is 2.37. The molecular formula is C10H12BrNO5S. The van der Waals surface area contributed by atoms with Crippen molar-refractivity contribution in [2.24, 2.45) is 0 Å². The SMILES string of the molecule is CCS(=O)(=O)[C@@H](Br)[C@@H](O)c1cccc([N+](=O)[O-])c1. The Labute approximate surface area is 113 Å². The molecule has 0 fully saturated rings. The summed E-state index contributed by atoms with van der Waals surface area (Å²) in [5.41, 5.74) is -0.0109. The summed E-state index contributed by atoms with van der Waals surface area (Å²) in [5, 5.41) is 20.5. The molecule has 0 radical (unpaired) electrons. The summed E-state index contributed by atoms with van der Waals surface area (Å²) in [6, 6.07) is 5.27. The predicted octanol–water partition coefficient (Wildman–Crippen LogP) is 1.78. The molecule has 0 aromatic heterocycles. The maximum Gasteiger partial charge on any atom is 0.269 e. The molecule has 6 nitrogen and oxygen atoms in total. The van der Waals surface area contributed by atoms with E-state index in [4.69, 9.17) is 0 Å². The number of hydrogen-bond acceptors (Lipinski definition) is 5. The zero-order valence-corrected chi connectivity index (χ0v) is 11.9. The highest BCUT2D eigenvalue weighted by Gasteiger charge is 2.30. The van der Waals surface area contributed by atoms with Gasteiger partial charge in [-0.3, -0.25) is 10.1 Å². The highest BCUT2D eigenvalue weighted by atomic mass is 79.9. The molecule has 1 aromatic rings. The molecule has 0 saturated carbocycles. The first-order valence-corrected chi connectivity index (χ1v) is 7.70. The predicted molar refractivity (Wildman–Crippen MR) is 70.2 cm³/mol. The van der Waals surface area contributed by atoms with E-state index in [9.17, 15) is 23.6 Å². The van der Waals surface area contributed by atoms with E-state index in [-0.39, 0.29) is 17.0 Å². The van der Waals surface area contributed by atoms with E-state index in [1.165, 1.54) is 25.1 Å². The minimum Gasteiger partial charge on any atom is -0.386 e. The van der Waals surface area contributed by atoms with Gasteiger partial charge in [-0.25, -0.2) is 8.42 Å². The summed E-state index contributed by atoms with van der Waals surface area (Å²) in [6.45, 7) is 1.46. The number of aliphatic hydroxyl groups excluding tert-OH is 1. The summed E-state index contributed by atoms with van der Waals surface area (Å²) in [6.07, 6.45) is -1.35. The van der Waals surface area contributed by atoms with E-state index >= 15 is 0 Å². The molecule has 2 atom stereocenters. The van der Waals surface area contributed by atoms with Crippen LogP contribution in [-0.2, 0) is 9.84 Å². The maximum absolute atomic E-state index is 11.6. The second-order valence-corrected chi connectivity index (χ2v) is 7.60. The number of nitro groups is 1. The van der Waals surface area contributed by atoms with Gasteiger partial charge < -0.3 is 5.11 Å². The van der Waals surface area contributed by atoms with Gasteiger partial charge in [0.25, 0.3) is 5.69 Å². The first-order chi connectivity index (χ1) is 8.29. The molecule has 0 amide bonds. The van der Waals surface area contributed by atoms with Crippen LogP contribution in [0, 0.1) is 10.1 Å². The number of non-ortho nitro benzene ring substituents is 1. The molecule has 0 aliphatic carbocycles. The largest absolute Gasteiger partial charge is 0.386 e. The van der Waals surface area contributed by atoms with Gasteiger partial charge in [0.2, 0.25) is 0 Å². The third-order valence-corrected chi connectivity index (χ3v) is 6.37. The van der Waals surface area contributed by atoms with Gasteiger partial charge in [0.15, 0.2) is 9.84 Å². The van der Waals surface area contributed by atoms with Crippen LogP contribution < -0.4 is 0 Å². The molecule has 0 saturated heterocycles. The molecule has 100 valence electrons. The van der Waals surface area contributed by atoms with E-state index in [0.29, 0.717) is 0 Å². The van der Waals surface area contributed by atoms with E-state index in [0.717, 1.165) is 6.07 Å². The number of rotatable bonds is 5. The van der Waals surface area contributed by atoms with Crippen molar-refractivity contribution in [3.63, 3.8) is 0 Å². The average molecular weight is 338 g/mol. The van der Waals surface area contributed by atoms with Crippen molar-refractivity contribution in [3.8, 4) is 0 Å². The quantitative estimate of drug-likeness (QED) is 0.501. The van der Waals surface area contributed by atoms with E-state index in [2.05, 4.69) is 15.9 Å².